The van der Waals surface area contributed by atoms with E-state index in [1.54, 1.807) is 24.3 Å². The van der Waals surface area contributed by atoms with Crippen molar-refractivity contribution >= 4 is 15.5 Å². The molecule has 3 heterocycles. The summed E-state index contributed by atoms with van der Waals surface area (Å²) < 4.78 is 71.5. The molecule has 0 aliphatic rings. The van der Waals surface area contributed by atoms with E-state index in [1.165, 1.54) is 19.2 Å². The molecule has 0 aliphatic heterocycles. The zero-order valence-corrected chi connectivity index (χ0v) is 18.8. The molecule has 0 saturated carbocycles. The van der Waals surface area contributed by atoms with Gasteiger partial charge in [-0.05, 0) is 35.9 Å². The molecule has 0 N–H and O–H groups in total. The van der Waals surface area contributed by atoms with Crippen LogP contribution in [0.1, 0.15) is 12.5 Å². The summed E-state index contributed by atoms with van der Waals surface area (Å²) in [5, 5.41) is 12.6. The second-order valence-corrected chi connectivity index (χ2v) is 9.51. The monoisotopic (exact) mass is 503 g/mol. The first-order chi connectivity index (χ1) is 16.5. The first-order valence-corrected chi connectivity index (χ1v) is 11.7. The van der Waals surface area contributed by atoms with Gasteiger partial charge in [-0.1, -0.05) is 19.1 Å². The summed E-state index contributed by atoms with van der Waals surface area (Å²) in [6, 6.07) is 11.4. The molecule has 0 bridgehead atoms. The predicted octanol–water partition coefficient (Wildman–Crippen LogP) is 3.26. The number of aromatic nitrogens is 4. The van der Waals surface area contributed by atoms with Crippen molar-refractivity contribution in [2.75, 3.05) is 12.4 Å². The topological polar surface area (TPSA) is 119 Å². The van der Waals surface area contributed by atoms with E-state index in [2.05, 4.69) is 10.1 Å². The van der Waals surface area contributed by atoms with Crippen LogP contribution in [-0.4, -0.2) is 39.9 Å². The van der Waals surface area contributed by atoms with Gasteiger partial charge in [0.25, 0.3) is 0 Å². The highest BCUT2D eigenvalue weighted by Crippen LogP contribution is 2.30. The van der Waals surface area contributed by atoms with E-state index in [1.807, 2.05) is 6.07 Å². The number of alkyl halides is 3. The van der Waals surface area contributed by atoms with Gasteiger partial charge in [-0.25, -0.2) is 22.6 Å². The number of sulfone groups is 1. The number of hydrogen-bond donors (Lipinski definition) is 0. The van der Waals surface area contributed by atoms with Gasteiger partial charge in [0.05, 0.1) is 11.3 Å². The molecule has 0 atom stereocenters. The normalized spacial score (nSPS) is 12.0. The molecule has 0 fully saturated rings. The summed E-state index contributed by atoms with van der Waals surface area (Å²) in [5.41, 5.74) is -1.18. The number of nitriles is 1. The van der Waals surface area contributed by atoms with Gasteiger partial charge in [-0.2, -0.15) is 23.1 Å². The lowest BCUT2D eigenvalue weighted by molar-refractivity contribution is -0.137. The van der Waals surface area contributed by atoms with Crippen LogP contribution in [0.3, 0.4) is 0 Å². The van der Waals surface area contributed by atoms with Gasteiger partial charge in [-0.15, -0.1) is 5.10 Å². The standard InChI is InChI=1S/C22H16F3N5O4S/c1-2-35(32,33)18-11-15(14-3-6-17(7-4-14)34-10-9-26)12-27-20(18)30-21(31)29-13-16(22(23,24)25)5-8-19(29)28-30/h3-8,11-13H,2,10H2,1H3. The van der Waals surface area contributed by atoms with Crippen molar-refractivity contribution in [2.24, 2.45) is 0 Å². The Hall–Kier alpha value is -4.18. The Bertz CT molecular complexity index is 1620. The van der Waals surface area contributed by atoms with Gasteiger partial charge in [0, 0.05) is 18.0 Å². The quantitative estimate of drug-likeness (QED) is 0.396. The molecule has 0 spiro atoms. The maximum absolute atomic E-state index is 13.1. The highest BCUT2D eigenvalue weighted by atomic mass is 32.2. The first kappa shape index (κ1) is 24.0. The minimum atomic E-state index is -4.68. The average Bonchev–Trinajstić information content (AvgIpc) is 3.18. The molecule has 4 rings (SSSR count). The van der Waals surface area contributed by atoms with E-state index in [0.717, 1.165) is 12.1 Å². The van der Waals surface area contributed by atoms with Crippen LogP contribution in [-0.2, 0) is 16.0 Å². The number of pyridine rings is 2. The molecule has 4 aromatic rings. The van der Waals surface area contributed by atoms with Crippen molar-refractivity contribution in [3.8, 4) is 28.8 Å². The number of fused-ring (bicyclic) bond motifs is 1. The van der Waals surface area contributed by atoms with Crippen LogP contribution >= 0.6 is 0 Å². The van der Waals surface area contributed by atoms with Crippen LogP contribution in [0.2, 0.25) is 0 Å². The Morgan fingerprint density at radius 1 is 1.11 bits per heavy atom. The van der Waals surface area contributed by atoms with Gasteiger partial charge in [0.15, 0.2) is 27.9 Å². The maximum Gasteiger partial charge on any atom is 0.417 e. The number of nitrogens with zero attached hydrogens (tertiary/aromatic N) is 5. The van der Waals surface area contributed by atoms with Crippen LogP contribution in [0.4, 0.5) is 13.2 Å². The van der Waals surface area contributed by atoms with Gasteiger partial charge in [0.2, 0.25) is 0 Å². The summed E-state index contributed by atoms with van der Waals surface area (Å²) >= 11 is 0. The number of hydrogen-bond acceptors (Lipinski definition) is 7. The van der Waals surface area contributed by atoms with Crippen molar-refractivity contribution in [2.45, 2.75) is 18.0 Å². The number of ether oxygens (including phenoxy) is 1. The SMILES string of the molecule is CCS(=O)(=O)c1cc(-c2ccc(OCC#N)cc2)cnc1-n1nc2ccc(C(F)(F)F)cn2c1=O. The van der Waals surface area contributed by atoms with Gasteiger partial charge in [-0.3, -0.25) is 0 Å². The third-order valence-corrected chi connectivity index (χ3v) is 6.81. The lowest BCUT2D eigenvalue weighted by Gasteiger charge is -2.11. The predicted molar refractivity (Wildman–Crippen MR) is 118 cm³/mol. The van der Waals surface area contributed by atoms with Crippen molar-refractivity contribution in [1.29, 1.82) is 5.26 Å². The van der Waals surface area contributed by atoms with Gasteiger partial charge in [0.1, 0.15) is 16.7 Å². The Kier molecular flexibility index (Phi) is 6.08. The van der Waals surface area contributed by atoms with Crippen molar-refractivity contribution in [3.63, 3.8) is 0 Å². The highest BCUT2D eigenvalue weighted by molar-refractivity contribution is 7.91. The second kappa shape index (κ2) is 8.88. The molecule has 0 radical (unpaired) electrons. The van der Waals surface area contributed by atoms with Crippen molar-refractivity contribution in [1.82, 2.24) is 19.2 Å². The summed E-state index contributed by atoms with van der Waals surface area (Å²) in [7, 11) is -3.93. The third-order valence-electron chi connectivity index (χ3n) is 5.08. The Balaban J connectivity index is 1.86. The molecule has 13 heteroatoms. The smallest absolute Gasteiger partial charge is 0.417 e. The minimum absolute atomic E-state index is 0.110. The number of benzene rings is 1. The summed E-state index contributed by atoms with van der Waals surface area (Å²) in [4.78, 5) is 16.7. The molecule has 0 unspecified atom stereocenters. The first-order valence-electron chi connectivity index (χ1n) is 10.1. The van der Waals surface area contributed by atoms with E-state index in [9.17, 15) is 26.4 Å². The van der Waals surface area contributed by atoms with Crippen LogP contribution in [0, 0.1) is 11.3 Å². The van der Waals surface area contributed by atoms with Gasteiger partial charge < -0.3 is 4.74 Å². The van der Waals surface area contributed by atoms with E-state index >= 15 is 0 Å². The fourth-order valence-electron chi connectivity index (χ4n) is 3.28. The average molecular weight is 503 g/mol. The Morgan fingerprint density at radius 2 is 1.83 bits per heavy atom. The van der Waals surface area contributed by atoms with Crippen molar-refractivity contribution < 1.29 is 26.3 Å². The number of halogens is 3. The molecule has 9 nitrogen and oxygen atoms in total. The van der Waals surface area contributed by atoms with Gasteiger partial charge >= 0.3 is 11.9 Å². The fraction of sp³-hybridized carbons (Fsp3) is 0.182. The lowest BCUT2D eigenvalue weighted by Crippen LogP contribution is -2.23. The molecule has 3 aromatic heterocycles. The molecule has 0 aliphatic carbocycles. The highest BCUT2D eigenvalue weighted by Gasteiger charge is 2.31. The van der Waals surface area contributed by atoms with Crippen LogP contribution in [0.5, 0.6) is 5.75 Å². The van der Waals surface area contributed by atoms with E-state index in [4.69, 9.17) is 10.00 Å². The van der Waals surface area contributed by atoms with E-state index < -0.39 is 27.3 Å². The largest absolute Gasteiger partial charge is 0.479 e. The van der Waals surface area contributed by atoms with E-state index in [0.29, 0.717) is 32.2 Å². The lowest BCUT2D eigenvalue weighted by atomic mass is 10.1. The molecule has 0 saturated heterocycles. The third kappa shape index (κ3) is 4.60. The van der Waals surface area contributed by atoms with Crippen molar-refractivity contribution in [3.05, 3.63) is 70.9 Å². The summed E-state index contributed by atoms with van der Waals surface area (Å²) in [5.74, 6) is -0.200. The molecule has 1 aromatic carbocycles. The molecule has 35 heavy (non-hydrogen) atoms. The van der Waals surface area contributed by atoms with E-state index in [-0.39, 0.29) is 28.7 Å². The zero-order chi connectivity index (χ0) is 25.4. The molecular formula is C22H16F3N5O4S. The van der Waals surface area contributed by atoms with Crippen LogP contribution < -0.4 is 10.4 Å². The summed E-state index contributed by atoms with van der Waals surface area (Å²) in [6.07, 6.45) is -2.76. The van der Waals surface area contributed by atoms with Crippen LogP contribution in [0.15, 0.2) is 64.5 Å². The number of rotatable bonds is 6. The summed E-state index contributed by atoms with van der Waals surface area (Å²) in [6.45, 7) is 1.28. The fourth-order valence-corrected chi connectivity index (χ4v) is 4.31. The maximum atomic E-state index is 13.1. The minimum Gasteiger partial charge on any atom is -0.479 e. The molecule has 0 amide bonds. The zero-order valence-electron chi connectivity index (χ0n) is 18.0. The Labute approximate surface area is 196 Å². The Morgan fingerprint density at radius 3 is 2.46 bits per heavy atom. The van der Waals surface area contributed by atoms with Crippen LogP contribution in [0.25, 0.3) is 22.6 Å². The molecule has 180 valence electrons. The second-order valence-electron chi connectivity index (χ2n) is 7.26. The molecular weight excluding hydrogens is 487 g/mol.